The Bertz CT molecular complexity index is 475. The third-order valence-electron chi connectivity index (χ3n) is 2.03. The number of carboxylic acid groups (broad SMARTS) is 1. The molecule has 0 fully saturated rings. The lowest BCUT2D eigenvalue weighted by atomic mass is 10.3. The zero-order valence-electron chi connectivity index (χ0n) is 8.49. The van der Waals surface area contributed by atoms with Gasteiger partial charge in [-0.25, -0.2) is 9.18 Å². The van der Waals surface area contributed by atoms with E-state index in [9.17, 15) is 22.8 Å². The minimum atomic E-state index is -2.41. The first-order valence-electron chi connectivity index (χ1n) is 4.56. The summed E-state index contributed by atoms with van der Waals surface area (Å²) in [6, 6.07) is 2.60. The minimum absolute atomic E-state index is 0.176. The molecular weight excluding hydrogens is 239 g/mol. The van der Waals surface area contributed by atoms with Gasteiger partial charge in [-0.05, 0) is 12.1 Å². The quantitative estimate of drug-likeness (QED) is 0.641. The maximum Gasteiger partial charge on any atom is 0.378 e. The highest BCUT2D eigenvalue weighted by atomic mass is 19.3. The number of halogens is 3. The Morgan fingerprint density at radius 3 is 2.47 bits per heavy atom. The number of aryl methyl sites for hydroxylation is 1. The third-order valence-corrected chi connectivity index (χ3v) is 2.03. The number of Topliss-reactive ketones (excluding diaryl/α,β-unsaturated/α-hetero) is 1. The van der Waals surface area contributed by atoms with Crippen LogP contribution in [-0.4, -0.2) is 21.4 Å². The summed E-state index contributed by atoms with van der Waals surface area (Å²) < 4.78 is 37.2. The second kappa shape index (κ2) is 5.33. The Kier molecular flexibility index (Phi) is 4.08. The van der Waals surface area contributed by atoms with E-state index in [0.717, 1.165) is 4.57 Å². The van der Waals surface area contributed by atoms with Crippen LogP contribution in [0, 0.1) is 0 Å². The summed E-state index contributed by atoms with van der Waals surface area (Å²) in [5.74, 6) is -4.40. The molecule has 0 aliphatic heterocycles. The molecule has 1 rings (SSSR count). The number of carboxylic acids is 1. The molecule has 0 radical (unpaired) electrons. The van der Waals surface area contributed by atoms with Gasteiger partial charge in [0.05, 0.1) is 5.69 Å². The van der Waals surface area contributed by atoms with Gasteiger partial charge in [0.1, 0.15) is 0 Å². The molecule has 0 saturated heterocycles. The SMILES string of the molecule is O=C(O)C(=O)c1cccn1CCC(F)=C(F)F. The van der Waals surface area contributed by atoms with Crippen molar-refractivity contribution in [2.24, 2.45) is 0 Å². The van der Waals surface area contributed by atoms with Crippen molar-refractivity contribution in [3.8, 4) is 0 Å². The molecule has 1 aromatic heterocycles. The number of hydrogen-bond acceptors (Lipinski definition) is 2. The van der Waals surface area contributed by atoms with Crippen LogP contribution in [-0.2, 0) is 11.3 Å². The summed E-state index contributed by atoms with van der Waals surface area (Å²) in [6.07, 6.45) is -1.69. The number of nitrogens with zero attached hydrogens (tertiary/aromatic N) is 1. The number of carbonyl (C=O) groups is 2. The number of allylic oxidation sites excluding steroid dienone is 1. The van der Waals surface area contributed by atoms with E-state index in [1.165, 1.54) is 18.3 Å². The van der Waals surface area contributed by atoms with Crippen molar-refractivity contribution in [3.63, 3.8) is 0 Å². The number of aliphatic carboxylic acids is 1. The second-order valence-corrected chi connectivity index (χ2v) is 3.14. The monoisotopic (exact) mass is 247 g/mol. The molecule has 0 saturated carbocycles. The summed E-state index contributed by atoms with van der Waals surface area (Å²) >= 11 is 0. The first kappa shape index (κ1) is 13.0. The molecule has 0 atom stereocenters. The van der Waals surface area contributed by atoms with Crippen molar-refractivity contribution >= 4 is 11.8 Å². The number of hydrogen-bond donors (Lipinski definition) is 1. The summed E-state index contributed by atoms with van der Waals surface area (Å²) in [5.41, 5.74) is -0.176. The third kappa shape index (κ3) is 3.20. The van der Waals surface area contributed by atoms with Crippen LogP contribution in [0.5, 0.6) is 0 Å². The van der Waals surface area contributed by atoms with Crippen molar-refractivity contribution in [2.75, 3.05) is 0 Å². The van der Waals surface area contributed by atoms with Crippen molar-refractivity contribution in [2.45, 2.75) is 13.0 Å². The Labute approximate surface area is 94.0 Å². The maximum absolute atomic E-state index is 12.5. The highest BCUT2D eigenvalue weighted by Gasteiger charge is 2.18. The van der Waals surface area contributed by atoms with E-state index in [2.05, 4.69) is 0 Å². The van der Waals surface area contributed by atoms with Crippen molar-refractivity contribution < 1.29 is 27.9 Å². The molecule has 7 heteroatoms. The molecule has 0 aliphatic carbocycles. The van der Waals surface area contributed by atoms with Gasteiger partial charge in [-0.2, -0.15) is 8.78 Å². The van der Waals surface area contributed by atoms with Crippen molar-refractivity contribution in [1.29, 1.82) is 0 Å². The summed E-state index contributed by atoms with van der Waals surface area (Å²) in [5, 5.41) is 8.48. The standard InChI is InChI=1S/C10H8F3NO3/c11-6(9(12)13)3-5-14-4-1-2-7(14)8(15)10(16)17/h1-2,4H,3,5H2,(H,16,17). The first-order chi connectivity index (χ1) is 7.93. The normalized spacial score (nSPS) is 10.1. The molecule has 0 aromatic carbocycles. The molecule has 0 amide bonds. The predicted molar refractivity (Wildman–Crippen MR) is 51.4 cm³/mol. The Morgan fingerprint density at radius 2 is 1.94 bits per heavy atom. The predicted octanol–water partition coefficient (Wildman–Crippen LogP) is 2.22. The molecule has 1 heterocycles. The van der Waals surface area contributed by atoms with Gasteiger partial charge in [0.2, 0.25) is 0 Å². The van der Waals surface area contributed by atoms with Crippen LogP contribution < -0.4 is 0 Å². The Morgan fingerprint density at radius 1 is 1.29 bits per heavy atom. The van der Waals surface area contributed by atoms with Crippen LogP contribution in [0.2, 0.25) is 0 Å². The largest absolute Gasteiger partial charge is 0.475 e. The average Bonchev–Trinajstić information content (AvgIpc) is 2.72. The van der Waals surface area contributed by atoms with Crippen LogP contribution in [0.25, 0.3) is 0 Å². The fourth-order valence-electron chi connectivity index (χ4n) is 1.24. The number of aromatic nitrogens is 1. The minimum Gasteiger partial charge on any atom is -0.475 e. The van der Waals surface area contributed by atoms with Crippen LogP contribution in [0.3, 0.4) is 0 Å². The van der Waals surface area contributed by atoms with E-state index < -0.39 is 30.1 Å². The van der Waals surface area contributed by atoms with E-state index >= 15 is 0 Å². The van der Waals surface area contributed by atoms with E-state index in [1.54, 1.807) is 0 Å². The lowest BCUT2D eigenvalue weighted by Gasteiger charge is -2.05. The fraction of sp³-hybridized carbons (Fsp3) is 0.200. The zero-order valence-corrected chi connectivity index (χ0v) is 8.49. The highest BCUT2D eigenvalue weighted by molar-refractivity contribution is 6.39. The van der Waals surface area contributed by atoms with Gasteiger partial charge in [0.25, 0.3) is 5.78 Å². The summed E-state index contributed by atoms with van der Waals surface area (Å²) in [6.45, 7) is -0.232. The molecule has 0 spiro atoms. The molecule has 0 bridgehead atoms. The van der Waals surface area contributed by atoms with Gasteiger partial charge < -0.3 is 9.67 Å². The van der Waals surface area contributed by atoms with E-state index in [4.69, 9.17) is 5.11 Å². The maximum atomic E-state index is 12.5. The van der Waals surface area contributed by atoms with Gasteiger partial charge in [0, 0.05) is 19.2 Å². The van der Waals surface area contributed by atoms with Crippen molar-refractivity contribution in [1.82, 2.24) is 4.57 Å². The lowest BCUT2D eigenvalue weighted by Crippen LogP contribution is -2.17. The average molecular weight is 247 g/mol. The molecule has 1 N–H and O–H groups in total. The molecule has 92 valence electrons. The van der Waals surface area contributed by atoms with Gasteiger partial charge >= 0.3 is 12.0 Å². The smallest absolute Gasteiger partial charge is 0.378 e. The molecule has 17 heavy (non-hydrogen) atoms. The zero-order chi connectivity index (χ0) is 13.0. The molecule has 0 aliphatic rings. The van der Waals surface area contributed by atoms with Crippen LogP contribution >= 0.6 is 0 Å². The Balaban J connectivity index is 2.81. The molecule has 0 unspecified atom stereocenters. The highest BCUT2D eigenvalue weighted by Crippen LogP contribution is 2.15. The van der Waals surface area contributed by atoms with Gasteiger partial charge in [-0.3, -0.25) is 4.79 Å². The first-order valence-corrected chi connectivity index (χ1v) is 4.56. The van der Waals surface area contributed by atoms with Crippen LogP contribution in [0.4, 0.5) is 13.2 Å². The fourth-order valence-corrected chi connectivity index (χ4v) is 1.24. The number of ketones is 1. The van der Waals surface area contributed by atoms with Crippen LogP contribution in [0.15, 0.2) is 30.2 Å². The van der Waals surface area contributed by atoms with E-state index in [1.807, 2.05) is 0 Å². The second-order valence-electron chi connectivity index (χ2n) is 3.14. The van der Waals surface area contributed by atoms with Crippen LogP contribution in [0.1, 0.15) is 16.9 Å². The number of carbonyl (C=O) groups excluding carboxylic acids is 1. The summed E-state index contributed by atoms with van der Waals surface area (Å²) in [7, 11) is 0. The van der Waals surface area contributed by atoms with Crippen molar-refractivity contribution in [3.05, 3.63) is 35.9 Å². The number of rotatable bonds is 5. The Hall–Kier alpha value is -2.05. The van der Waals surface area contributed by atoms with E-state index in [0.29, 0.717) is 0 Å². The van der Waals surface area contributed by atoms with Gasteiger partial charge in [-0.15, -0.1) is 0 Å². The summed E-state index contributed by atoms with van der Waals surface area (Å²) in [4.78, 5) is 21.6. The molecular formula is C10H8F3NO3. The molecule has 4 nitrogen and oxygen atoms in total. The topological polar surface area (TPSA) is 59.3 Å². The van der Waals surface area contributed by atoms with Gasteiger partial charge in [0.15, 0.2) is 5.83 Å². The van der Waals surface area contributed by atoms with E-state index in [-0.39, 0.29) is 12.2 Å². The lowest BCUT2D eigenvalue weighted by molar-refractivity contribution is -0.131. The molecule has 1 aromatic rings. The van der Waals surface area contributed by atoms with Gasteiger partial charge in [-0.1, -0.05) is 0 Å².